The fourth-order valence-electron chi connectivity index (χ4n) is 3.22. The van der Waals surface area contributed by atoms with Gasteiger partial charge in [-0.05, 0) is 25.8 Å². The highest BCUT2D eigenvalue weighted by Crippen LogP contribution is 2.23. The number of hydrogen-bond acceptors (Lipinski definition) is 7. The zero-order valence-electron chi connectivity index (χ0n) is 15.8. The highest BCUT2D eigenvalue weighted by molar-refractivity contribution is 5.48. The van der Waals surface area contributed by atoms with E-state index >= 15 is 0 Å². The fraction of sp³-hybridized carbons (Fsp3) is 0.368. The summed E-state index contributed by atoms with van der Waals surface area (Å²) in [6.45, 7) is 3.22. The molecule has 3 aromatic rings. The molecule has 1 saturated heterocycles. The molecule has 0 aliphatic carbocycles. The molecular formula is C19H21F2N7O. The minimum atomic E-state index is -0.629. The molecule has 10 heteroatoms. The molecule has 152 valence electrons. The summed E-state index contributed by atoms with van der Waals surface area (Å²) in [7, 11) is 0. The molecule has 2 N–H and O–H groups in total. The third-order valence-electron chi connectivity index (χ3n) is 4.76. The van der Waals surface area contributed by atoms with E-state index in [-0.39, 0.29) is 5.95 Å². The fourth-order valence-corrected chi connectivity index (χ4v) is 3.22. The Morgan fingerprint density at radius 1 is 1.14 bits per heavy atom. The first-order valence-electron chi connectivity index (χ1n) is 9.39. The predicted molar refractivity (Wildman–Crippen MR) is 103 cm³/mol. The Kier molecular flexibility index (Phi) is 5.61. The summed E-state index contributed by atoms with van der Waals surface area (Å²) < 4.78 is 34.4. The second kappa shape index (κ2) is 8.48. The first-order valence-corrected chi connectivity index (χ1v) is 9.39. The van der Waals surface area contributed by atoms with Crippen molar-refractivity contribution in [3.63, 3.8) is 0 Å². The Morgan fingerprint density at radius 2 is 1.93 bits per heavy atom. The number of benzene rings is 1. The molecule has 0 saturated carbocycles. The van der Waals surface area contributed by atoms with Crippen molar-refractivity contribution in [3.8, 4) is 0 Å². The van der Waals surface area contributed by atoms with E-state index in [1.165, 1.54) is 18.5 Å². The molecule has 8 nitrogen and oxygen atoms in total. The van der Waals surface area contributed by atoms with E-state index in [4.69, 9.17) is 4.74 Å². The van der Waals surface area contributed by atoms with Crippen LogP contribution in [0.25, 0.3) is 0 Å². The van der Waals surface area contributed by atoms with Gasteiger partial charge < -0.3 is 15.4 Å². The zero-order chi connectivity index (χ0) is 20.2. The zero-order valence-corrected chi connectivity index (χ0v) is 15.8. The van der Waals surface area contributed by atoms with Gasteiger partial charge in [0.25, 0.3) is 0 Å². The lowest BCUT2D eigenvalue weighted by Gasteiger charge is -2.22. The van der Waals surface area contributed by atoms with Gasteiger partial charge in [0, 0.05) is 37.1 Å². The van der Waals surface area contributed by atoms with Crippen LogP contribution in [0, 0.1) is 11.6 Å². The Balaban J connectivity index is 1.43. The Hall–Kier alpha value is -3.14. The highest BCUT2D eigenvalue weighted by atomic mass is 19.1. The molecule has 4 rings (SSSR count). The standard InChI is InChI=1S/C19H21F2N7O/c1-12(15-3-2-13(20)10-16(15)21)24-18-22-11-23-19(26-18)25-17-4-7-28(27-17)14-5-8-29-9-6-14/h2-4,7,10-12,14H,5-6,8-9H2,1H3,(H2,22,23,24,25,26,27). The van der Waals surface area contributed by atoms with E-state index in [0.29, 0.717) is 23.4 Å². The van der Waals surface area contributed by atoms with Crippen LogP contribution < -0.4 is 10.6 Å². The van der Waals surface area contributed by atoms with Gasteiger partial charge in [-0.3, -0.25) is 4.68 Å². The SMILES string of the molecule is CC(Nc1ncnc(Nc2ccn(C3CCOCC3)n2)n1)c1ccc(F)cc1F. The van der Waals surface area contributed by atoms with Gasteiger partial charge >= 0.3 is 0 Å². The summed E-state index contributed by atoms with van der Waals surface area (Å²) in [5.41, 5.74) is 0.316. The number of nitrogens with zero attached hydrogens (tertiary/aromatic N) is 5. The van der Waals surface area contributed by atoms with E-state index in [0.717, 1.165) is 32.1 Å². The monoisotopic (exact) mass is 401 g/mol. The van der Waals surface area contributed by atoms with Crippen LogP contribution in [0.1, 0.15) is 37.4 Å². The average molecular weight is 401 g/mol. The number of anilines is 3. The number of nitrogens with one attached hydrogen (secondary N) is 2. The number of halogens is 2. The normalized spacial score (nSPS) is 15.8. The van der Waals surface area contributed by atoms with E-state index in [1.54, 1.807) is 6.92 Å². The van der Waals surface area contributed by atoms with Crippen molar-refractivity contribution in [2.75, 3.05) is 23.8 Å². The Bertz CT molecular complexity index is 975. The third-order valence-corrected chi connectivity index (χ3v) is 4.76. The molecule has 0 bridgehead atoms. The third kappa shape index (κ3) is 4.65. The number of hydrogen-bond donors (Lipinski definition) is 2. The molecule has 3 heterocycles. The van der Waals surface area contributed by atoms with Crippen molar-refractivity contribution in [1.29, 1.82) is 0 Å². The largest absolute Gasteiger partial charge is 0.381 e. The van der Waals surface area contributed by atoms with Crippen molar-refractivity contribution in [1.82, 2.24) is 24.7 Å². The molecule has 0 radical (unpaired) electrons. The second-order valence-electron chi connectivity index (χ2n) is 6.81. The summed E-state index contributed by atoms with van der Waals surface area (Å²) in [5, 5.41) is 10.6. The molecule has 1 aliphatic rings. The summed E-state index contributed by atoms with van der Waals surface area (Å²) in [6.07, 6.45) is 5.12. The molecule has 1 atom stereocenters. The van der Waals surface area contributed by atoms with Crippen LogP contribution in [0.5, 0.6) is 0 Å². The van der Waals surface area contributed by atoms with Gasteiger partial charge in [-0.15, -0.1) is 0 Å². The molecule has 1 aromatic carbocycles. The van der Waals surface area contributed by atoms with E-state index < -0.39 is 17.7 Å². The molecule has 0 amide bonds. The summed E-state index contributed by atoms with van der Waals surface area (Å²) in [4.78, 5) is 12.5. The van der Waals surface area contributed by atoms with Crippen molar-refractivity contribution in [3.05, 3.63) is 54.0 Å². The Morgan fingerprint density at radius 3 is 2.72 bits per heavy atom. The van der Waals surface area contributed by atoms with E-state index in [1.807, 2.05) is 16.9 Å². The van der Waals surface area contributed by atoms with Gasteiger partial charge in [0.15, 0.2) is 5.82 Å². The molecular weight excluding hydrogens is 380 g/mol. The quantitative estimate of drug-likeness (QED) is 0.652. The van der Waals surface area contributed by atoms with Crippen molar-refractivity contribution < 1.29 is 13.5 Å². The van der Waals surface area contributed by atoms with E-state index in [2.05, 4.69) is 30.7 Å². The maximum absolute atomic E-state index is 14.0. The molecule has 1 fully saturated rings. The number of aromatic nitrogens is 5. The van der Waals surface area contributed by atoms with Crippen LogP contribution in [0.15, 0.2) is 36.8 Å². The highest BCUT2D eigenvalue weighted by Gasteiger charge is 2.17. The minimum Gasteiger partial charge on any atom is -0.381 e. The number of ether oxygens (including phenoxy) is 1. The van der Waals surface area contributed by atoms with Crippen molar-refractivity contribution >= 4 is 17.7 Å². The lowest BCUT2D eigenvalue weighted by Crippen LogP contribution is -2.20. The molecule has 1 unspecified atom stereocenters. The van der Waals surface area contributed by atoms with Crippen LogP contribution in [0.4, 0.5) is 26.5 Å². The van der Waals surface area contributed by atoms with Crippen molar-refractivity contribution in [2.24, 2.45) is 0 Å². The Labute approximate surface area is 166 Å². The molecule has 2 aromatic heterocycles. The van der Waals surface area contributed by atoms with Crippen LogP contribution in [0.3, 0.4) is 0 Å². The number of rotatable bonds is 6. The van der Waals surface area contributed by atoms with Crippen LogP contribution in [0.2, 0.25) is 0 Å². The van der Waals surface area contributed by atoms with Gasteiger partial charge in [-0.2, -0.15) is 10.1 Å². The summed E-state index contributed by atoms with van der Waals surface area (Å²) in [6, 6.07) is 5.17. The first-order chi connectivity index (χ1) is 14.1. The maximum atomic E-state index is 14.0. The minimum absolute atomic E-state index is 0.266. The van der Waals surface area contributed by atoms with Gasteiger partial charge in [-0.25, -0.2) is 18.7 Å². The topological polar surface area (TPSA) is 89.8 Å². The van der Waals surface area contributed by atoms with Crippen molar-refractivity contribution in [2.45, 2.75) is 31.8 Å². The van der Waals surface area contributed by atoms with Crippen LogP contribution in [-0.4, -0.2) is 37.9 Å². The van der Waals surface area contributed by atoms with E-state index in [9.17, 15) is 8.78 Å². The van der Waals surface area contributed by atoms with Gasteiger partial charge in [0.2, 0.25) is 11.9 Å². The van der Waals surface area contributed by atoms with Crippen LogP contribution in [-0.2, 0) is 4.74 Å². The first kappa shape index (κ1) is 19.2. The van der Waals surface area contributed by atoms with Gasteiger partial charge in [0.05, 0.1) is 12.1 Å². The van der Waals surface area contributed by atoms with Gasteiger partial charge in [-0.1, -0.05) is 6.07 Å². The summed E-state index contributed by atoms with van der Waals surface area (Å²) >= 11 is 0. The maximum Gasteiger partial charge on any atom is 0.233 e. The van der Waals surface area contributed by atoms with Gasteiger partial charge in [0.1, 0.15) is 18.0 Å². The molecule has 29 heavy (non-hydrogen) atoms. The lowest BCUT2D eigenvalue weighted by atomic mass is 10.1. The second-order valence-corrected chi connectivity index (χ2v) is 6.81. The summed E-state index contributed by atoms with van der Waals surface area (Å²) in [5.74, 6) is -0.0540. The van der Waals surface area contributed by atoms with Crippen LogP contribution >= 0.6 is 0 Å². The average Bonchev–Trinajstić information content (AvgIpc) is 3.17. The molecule has 1 aliphatic heterocycles. The molecule has 0 spiro atoms. The smallest absolute Gasteiger partial charge is 0.233 e. The predicted octanol–water partition coefficient (Wildman–Crippen LogP) is 3.61. The lowest BCUT2D eigenvalue weighted by molar-refractivity contribution is 0.0663.